The van der Waals surface area contributed by atoms with Crippen LogP contribution >= 0.6 is 0 Å². The third kappa shape index (κ3) is 3.25. The monoisotopic (exact) mass is 329 g/mol. The predicted octanol–water partition coefficient (Wildman–Crippen LogP) is 2.20. The van der Waals surface area contributed by atoms with E-state index in [1.807, 2.05) is 30.2 Å². The zero-order valence-electron chi connectivity index (χ0n) is 13.9. The molecule has 0 unspecified atom stereocenters. The van der Waals surface area contributed by atoms with Crippen molar-refractivity contribution in [1.82, 2.24) is 14.9 Å². The number of aryl methyl sites for hydroxylation is 1. The maximum Gasteiger partial charge on any atom is 0.161 e. The van der Waals surface area contributed by atoms with Crippen molar-refractivity contribution < 1.29 is 14.2 Å². The second-order valence-electron chi connectivity index (χ2n) is 6.37. The summed E-state index contributed by atoms with van der Waals surface area (Å²) in [7, 11) is 2.01. The average Bonchev–Trinajstić information content (AvgIpc) is 3.06. The second-order valence-corrected chi connectivity index (χ2v) is 6.37. The molecule has 0 spiro atoms. The molecule has 3 heterocycles. The van der Waals surface area contributed by atoms with E-state index in [-0.39, 0.29) is 6.10 Å². The number of benzene rings is 1. The number of fused-ring (bicyclic) bond motifs is 1. The van der Waals surface area contributed by atoms with Crippen molar-refractivity contribution in [2.45, 2.75) is 31.5 Å². The van der Waals surface area contributed by atoms with Crippen molar-refractivity contribution in [3.63, 3.8) is 0 Å². The molecule has 4 rings (SSSR count). The van der Waals surface area contributed by atoms with E-state index in [1.54, 1.807) is 0 Å². The molecule has 6 heteroatoms. The summed E-state index contributed by atoms with van der Waals surface area (Å²) in [5.74, 6) is 1.69. The molecule has 0 aliphatic carbocycles. The highest BCUT2D eigenvalue weighted by Gasteiger charge is 2.25. The van der Waals surface area contributed by atoms with Crippen LogP contribution < -0.4 is 14.8 Å². The maximum atomic E-state index is 5.92. The number of hydrogen-bond donors (Lipinski definition) is 1. The quantitative estimate of drug-likeness (QED) is 0.932. The van der Waals surface area contributed by atoms with Crippen molar-refractivity contribution in [3.8, 4) is 11.5 Å². The Morgan fingerprint density at radius 2 is 2.08 bits per heavy atom. The molecule has 0 bridgehead atoms. The molecule has 0 amide bonds. The van der Waals surface area contributed by atoms with Crippen LogP contribution in [0.4, 0.5) is 0 Å². The number of aromatic nitrogens is 2. The third-order valence-electron chi connectivity index (χ3n) is 4.67. The van der Waals surface area contributed by atoms with E-state index in [2.05, 4.69) is 22.4 Å². The number of nitrogens with zero attached hydrogens (tertiary/aromatic N) is 2. The third-order valence-corrected chi connectivity index (χ3v) is 4.67. The van der Waals surface area contributed by atoms with E-state index in [0.29, 0.717) is 19.3 Å². The fraction of sp³-hybridized carbons (Fsp3) is 0.500. The van der Waals surface area contributed by atoms with E-state index >= 15 is 0 Å². The van der Waals surface area contributed by atoms with Crippen LogP contribution in [0, 0.1) is 0 Å². The van der Waals surface area contributed by atoms with Crippen LogP contribution in [-0.2, 0) is 18.3 Å². The first kappa shape index (κ1) is 15.5. The Kier molecular flexibility index (Phi) is 4.40. The molecule has 1 fully saturated rings. The molecular formula is C18H23N3O3. The van der Waals surface area contributed by atoms with Gasteiger partial charge < -0.3 is 24.1 Å². The van der Waals surface area contributed by atoms with E-state index in [4.69, 9.17) is 14.2 Å². The molecule has 1 aromatic heterocycles. The first-order valence-electron chi connectivity index (χ1n) is 8.49. The van der Waals surface area contributed by atoms with Gasteiger partial charge in [0.25, 0.3) is 0 Å². The number of ether oxygens (including phenoxy) is 3. The first-order chi connectivity index (χ1) is 11.8. The van der Waals surface area contributed by atoms with E-state index in [9.17, 15) is 0 Å². The summed E-state index contributed by atoms with van der Waals surface area (Å²) >= 11 is 0. The van der Waals surface area contributed by atoms with Crippen molar-refractivity contribution in [2.24, 2.45) is 7.05 Å². The van der Waals surface area contributed by atoms with Gasteiger partial charge in [-0.05, 0) is 30.5 Å². The minimum Gasteiger partial charge on any atom is -0.486 e. The Hall–Kier alpha value is -2.05. The van der Waals surface area contributed by atoms with E-state index in [1.165, 1.54) is 5.56 Å². The van der Waals surface area contributed by atoms with Gasteiger partial charge in [-0.2, -0.15) is 0 Å². The lowest BCUT2D eigenvalue weighted by atomic mass is 10.0. The Morgan fingerprint density at radius 3 is 2.92 bits per heavy atom. The minimum absolute atomic E-state index is 0.115. The Labute approximate surface area is 141 Å². The summed E-state index contributed by atoms with van der Waals surface area (Å²) in [5.41, 5.74) is 2.35. The molecule has 0 saturated carbocycles. The highest BCUT2D eigenvalue weighted by atomic mass is 16.6. The summed E-state index contributed by atoms with van der Waals surface area (Å²) in [6.07, 6.45) is 5.82. The van der Waals surface area contributed by atoms with Gasteiger partial charge in [-0.1, -0.05) is 6.07 Å². The van der Waals surface area contributed by atoms with Crippen molar-refractivity contribution in [1.29, 1.82) is 0 Å². The van der Waals surface area contributed by atoms with Gasteiger partial charge in [0.1, 0.15) is 19.3 Å². The number of rotatable bonds is 4. The molecule has 1 saturated heterocycles. The van der Waals surface area contributed by atoms with Crippen LogP contribution in [0.25, 0.3) is 0 Å². The molecule has 1 N–H and O–H groups in total. The summed E-state index contributed by atoms with van der Waals surface area (Å²) in [6.45, 7) is 2.84. The van der Waals surface area contributed by atoms with Gasteiger partial charge in [-0.3, -0.25) is 0 Å². The SMILES string of the molecule is Cn1cncc1[C@@H]1C[C@H](NCc2ccc3c(c2)OCCO3)CCO1. The van der Waals surface area contributed by atoms with Crippen molar-refractivity contribution in [3.05, 3.63) is 42.0 Å². The lowest BCUT2D eigenvalue weighted by Crippen LogP contribution is -2.36. The van der Waals surface area contributed by atoms with Gasteiger partial charge in [0.2, 0.25) is 0 Å². The van der Waals surface area contributed by atoms with E-state index in [0.717, 1.165) is 43.2 Å². The smallest absolute Gasteiger partial charge is 0.161 e. The predicted molar refractivity (Wildman–Crippen MR) is 89.2 cm³/mol. The highest BCUT2D eigenvalue weighted by Crippen LogP contribution is 2.31. The van der Waals surface area contributed by atoms with Gasteiger partial charge in [0.05, 0.1) is 18.2 Å². The molecule has 2 aliphatic heterocycles. The standard InChI is InChI=1S/C18H23N3O3/c1-21-12-19-11-15(21)17-9-14(4-5-22-17)20-10-13-2-3-16-18(8-13)24-7-6-23-16/h2-3,8,11-12,14,17,20H,4-7,9-10H2,1H3/t14-,17+/m1/s1. The topological polar surface area (TPSA) is 57.5 Å². The second kappa shape index (κ2) is 6.83. The lowest BCUT2D eigenvalue weighted by molar-refractivity contribution is -0.00404. The molecular weight excluding hydrogens is 306 g/mol. The summed E-state index contributed by atoms with van der Waals surface area (Å²) < 4.78 is 19.2. The minimum atomic E-state index is 0.115. The fourth-order valence-electron chi connectivity index (χ4n) is 3.33. The molecule has 0 radical (unpaired) electrons. The maximum absolute atomic E-state index is 5.92. The molecule has 2 atom stereocenters. The molecule has 128 valence electrons. The van der Waals surface area contributed by atoms with Crippen molar-refractivity contribution >= 4 is 0 Å². The zero-order valence-corrected chi connectivity index (χ0v) is 13.9. The van der Waals surface area contributed by atoms with Gasteiger partial charge in [-0.15, -0.1) is 0 Å². The molecule has 2 aromatic rings. The summed E-state index contributed by atoms with van der Waals surface area (Å²) in [6, 6.07) is 6.60. The summed E-state index contributed by atoms with van der Waals surface area (Å²) in [5, 5.41) is 3.65. The first-order valence-corrected chi connectivity index (χ1v) is 8.49. The molecule has 24 heavy (non-hydrogen) atoms. The van der Waals surface area contributed by atoms with Gasteiger partial charge in [-0.25, -0.2) is 4.98 Å². The summed E-state index contributed by atoms with van der Waals surface area (Å²) in [4.78, 5) is 4.19. The van der Waals surface area contributed by atoms with Gasteiger partial charge in [0.15, 0.2) is 11.5 Å². The fourth-order valence-corrected chi connectivity index (χ4v) is 3.33. The zero-order chi connectivity index (χ0) is 16.4. The molecule has 6 nitrogen and oxygen atoms in total. The molecule has 1 aromatic carbocycles. The van der Waals surface area contributed by atoms with Gasteiger partial charge >= 0.3 is 0 Å². The largest absolute Gasteiger partial charge is 0.486 e. The lowest BCUT2D eigenvalue weighted by Gasteiger charge is -2.30. The van der Waals surface area contributed by atoms with Crippen LogP contribution in [-0.4, -0.2) is 35.4 Å². The van der Waals surface area contributed by atoms with Crippen LogP contribution in [0.2, 0.25) is 0 Å². The van der Waals surface area contributed by atoms with Crippen molar-refractivity contribution in [2.75, 3.05) is 19.8 Å². The average molecular weight is 329 g/mol. The molecule has 2 aliphatic rings. The van der Waals surface area contributed by atoms with Gasteiger partial charge in [0, 0.05) is 26.2 Å². The Morgan fingerprint density at radius 1 is 1.21 bits per heavy atom. The Balaban J connectivity index is 1.36. The Bertz CT molecular complexity index is 701. The van der Waals surface area contributed by atoms with Crippen LogP contribution in [0.3, 0.4) is 0 Å². The van der Waals surface area contributed by atoms with E-state index < -0.39 is 0 Å². The number of nitrogens with one attached hydrogen (secondary N) is 1. The normalized spacial score (nSPS) is 23.2. The van der Waals surface area contributed by atoms with Crippen LogP contribution in [0.15, 0.2) is 30.7 Å². The number of hydrogen-bond acceptors (Lipinski definition) is 5. The van der Waals surface area contributed by atoms with Crippen LogP contribution in [0.5, 0.6) is 11.5 Å². The highest BCUT2D eigenvalue weighted by molar-refractivity contribution is 5.43. The number of imidazole rings is 1. The van der Waals surface area contributed by atoms with Crippen LogP contribution in [0.1, 0.15) is 30.2 Å².